The van der Waals surface area contributed by atoms with Crippen LogP contribution in [-0.4, -0.2) is 0 Å². The van der Waals surface area contributed by atoms with Gasteiger partial charge in [0.15, 0.2) is 0 Å². The molecule has 22 heavy (non-hydrogen) atoms. The van der Waals surface area contributed by atoms with E-state index in [0.29, 0.717) is 0 Å². The highest BCUT2D eigenvalue weighted by Gasteiger charge is 2.22. The summed E-state index contributed by atoms with van der Waals surface area (Å²) >= 11 is 0. The van der Waals surface area contributed by atoms with Crippen molar-refractivity contribution in [3.63, 3.8) is 0 Å². The van der Waals surface area contributed by atoms with Gasteiger partial charge in [-0.25, -0.2) is 0 Å². The first-order valence-electron chi connectivity index (χ1n) is 7.30. The summed E-state index contributed by atoms with van der Waals surface area (Å²) in [4.78, 5) is 0. The molecular weight excluding hydrogens is 291 g/mol. The van der Waals surface area contributed by atoms with Crippen molar-refractivity contribution in [3.05, 3.63) is 83.9 Å². The van der Waals surface area contributed by atoms with E-state index in [2.05, 4.69) is 24.3 Å². The molecule has 0 amide bonds. The molecule has 3 aromatic carbocycles. The summed E-state index contributed by atoms with van der Waals surface area (Å²) in [6.45, 7) is 0. The molecule has 1 unspecified atom stereocenters. The Morgan fingerprint density at radius 2 is 1.55 bits per heavy atom. The minimum atomic E-state index is -2.23. The van der Waals surface area contributed by atoms with E-state index in [1.807, 2.05) is 48.5 Å². The van der Waals surface area contributed by atoms with Crippen molar-refractivity contribution in [2.45, 2.75) is 6.42 Å². The zero-order valence-electron chi connectivity index (χ0n) is 12.0. The van der Waals surface area contributed by atoms with Crippen LogP contribution < -0.4 is 9.83 Å². The number of rotatable bonds is 2. The smallest absolute Gasteiger partial charge is 0.266 e. The summed E-state index contributed by atoms with van der Waals surface area (Å²) in [6.07, 6.45) is 0.838. The summed E-state index contributed by atoms with van der Waals surface area (Å²) < 4.78 is 18.0. The number of para-hydroxylation sites is 1. The standard InChI is InChI=1S/C19H15O2P/c20-22-19-13-15(12-14-6-2-1-3-7-14)10-11-17(19)16-8-4-5-9-18(16)21-22/h1-11,13,22H,12H2. The van der Waals surface area contributed by atoms with Crippen LogP contribution in [0.3, 0.4) is 0 Å². The van der Waals surface area contributed by atoms with E-state index >= 15 is 0 Å². The zero-order chi connectivity index (χ0) is 14.9. The maximum Gasteiger partial charge on any atom is 0.266 e. The van der Waals surface area contributed by atoms with Crippen LogP contribution in [0.25, 0.3) is 11.1 Å². The van der Waals surface area contributed by atoms with Gasteiger partial charge in [0.2, 0.25) is 0 Å². The van der Waals surface area contributed by atoms with Gasteiger partial charge < -0.3 is 4.52 Å². The van der Waals surface area contributed by atoms with Gasteiger partial charge in [0.1, 0.15) is 5.75 Å². The first kappa shape index (κ1) is 13.4. The third-order valence-corrected chi connectivity index (χ3v) is 5.19. The molecule has 4 rings (SSSR count). The van der Waals surface area contributed by atoms with E-state index in [-0.39, 0.29) is 0 Å². The van der Waals surface area contributed by atoms with Gasteiger partial charge >= 0.3 is 0 Å². The van der Waals surface area contributed by atoms with Crippen molar-refractivity contribution in [1.29, 1.82) is 0 Å². The van der Waals surface area contributed by atoms with Crippen LogP contribution in [0.4, 0.5) is 0 Å². The van der Waals surface area contributed by atoms with Gasteiger partial charge in [-0.05, 0) is 35.2 Å². The summed E-state index contributed by atoms with van der Waals surface area (Å²) in [6, 6.07) is 24.3. The summed E-state index contributed by atoms with van der Waals surface area (Å²) in [5.41, 5.74) is 4.46. The van der Waals surface area contributed by atoms with Crippen molar-refractivity contribution in [2.75, 3.05) is 0 Å². The highest BCUT2D eigenvalue weighted by atomic mass is 31.1. The largest absolute Gasteiger partial charge is 0.441 e. The van der Waals surface area contributed by atoms with Gasteiger partial charge in [-0.3, -0.25) is 4.57 Å². The lowest BCUT2D eigenvalue weighted by molar-refractivity contribution is 0.513. The number of benzene rings is 3. The van der Waals surface area contributed by atoms with Crippen molar-refractivity contribution in [3.8, 4) is 16.9 Å². The highest BCUT2D eigenvalue weighted by molar-refractivity contribution is 7.49. The average Bonchev–Trinajstić information content (AvgIpc) is 2.56. The molecule has 2 nitrogen and oxygen atoms in total. The Hall–Kier alpha value is -2.31. The Morgan fingerprint density at radius 3 is 2.41 bits per heavy atom. The van der Waals surface area contributed by atoms with Crippen LogP contribution in [0.5, 0.6) is 5.75 Å². The van der Waals surface area contributed by atoms with E-state index in [4.69, 9.17) is 4.52 Å². The third-order valence-electron chi connectivity index (χ3n) is 3.93. The van der Waals surface area contributed by atoms with Gasteiger partial charge in [0.25, 0.3) is 8.03 Å². The Morgan fingerprint density at radius 1 is 0.773 bits per heavy atom. The molecule has 1 aliphatic rings. The molecule has 0 bridgehead atoms. The van der Waals surface area contributed by atoms with Gasteiger partial charge in [-0.1, -0.05) is 60.7 Å². The maximum absolute atomic E-state index is 12.4. The second-order valence-electron chi connectivity index (χ2n) is 5.43. The topological polar surface area (TPSA) is 26.3 Å². The van der Waals surface area contributed by atoms with Crippen LogP contribution in [0.2, 0.25) is 0 Å². The highest BCUT2D eigenvalue weighted by Crippen LogP contribution is 2.42. The Kier molecular flexibility index (Phi) is 3.32. The van der Waals surface area contributed by atoms with E-state index in [1.54, 1.807) is 0 Å². The summed E-state index contributed by atoms with van der Waals surface area (Å²) in [5.74, 6) is 0.717. The first-order chi connectivity index (χ1) is 10.8. The number of fused-ring (bicyclic) bond motifs is 3. The van der Waals surface area contributed by atoms with Crippen LogP contribution in [0.15, 0.2) is 72.8 Å². The minimum absolute atomic E-state index is 0.717. The molecule has 3 heteroatoms. The molecule has 1 atom stereocenters. The fraction of sp³-hybridized carbons (Fsp3) is 0.0526. The fourth-order valence-corrected chi connectivity index (χ4v) is 4.10. The molecule has 0 radical (unpaired) electrons. The molecule has 0 aliphatic carbocycles. The molecule has 1 heterocycles. The molecule has 0 N–H and O–H groups in total. The molecule has 0 spiro atoms. The quantitative estimate of drug-likeness (QED) is 0.654. The van der Waals surface area contributed by atoms with E-state index < -0.39 is 8.03 Å². The fourth-order valence-electron chi connectivity index (χ4n) is 2.87. The third kappa shape index (κ3) is 2.36. The van der Waals surface area contributed by atoms with Gasteiger partial charge in [-0.2, -0.15) is 0 Å². The average molecular weight is 306 g/mol. The van der Waals surface area contributed by atoms with E-state index in [1.165, 1.54) is 5.56 Å². The number of hydrogen-bond donors (Lipinski definition) is 0. The lowest BCUT2D eigenvalue weighted by Crippen LogP contribution is -2.11. The van der Waals surface area contributed by atoms with Crippen molar-refractivity contribution >= 4 is 13.3 Å². The molecule has 1 aliphatic heterocycles. The summed E-state index contributed by atoms with van der Waals surface area (Å²) in [5, 5.41) is 0.831. The van der Waals surface area contributed by atoms with Gasteiger partial charge in [0.05, 0.1) is 5.30 Å². The van der Waals surface area contributed by atoms with Crippen LogP contribution in [0.1, 0.15) is 11.1 Å². The Balaban J connectivity index is 1.76. The van der Waals surface area contributed by atoms with E-state index in [0.717, 1.165) is 34.2 Å². The SMILES string of the molecule is O=[PH]1Oc2ccccc2-c2ccc(Cc3ccccc3)cc21. The lowest BCUT2D eigenvalue weighted by atomic mass is 9.99. The predicted octanol–water partition coefficient (Wildman–Crippen LogP) is 4.44. The van der Waals surface area contributed by atoms with E-state index in [9.17, 15) is 4.57 Å². The number of hydrogen-bond acceptors (Lipinski definition) is 2. The molecule has 0 fully saturated rings. The minimum Gasteiger partial charge on any atom is -0.441 e. The Labute approximate surface area is 130 Å². The van der Waals surface area contributed by atoms with Gasteiger partial charge in [-0.15, -0.1) is 0 Å². The van der Waals surface area contributed by atoms with Crippen molar-refractivity contribution < 1.29 is 9.09 Å². The lowest BCUT2D eigenvalue weighted by Gasteiger charge is -2.20. The second-order valence-corrected chi connectivity index (χ2v) is 6.75. The summed E-state index contributed by atoms with van der Waals surface area (Å²) in [7, 11) is -2.23. The van der Waals surface area contributed by atoms with Crippen molar-refractivity contribution in [1.82, 2.24) is 0 Å². The molecule has 108 valence electrons. The normalized spacial score (nSPS) is 15.5. The van der Waals surface area contributed by atoms with Gasteiger partial charge in [0, 0.05) is 5.56 Å². The molecule has 0 saturated carbocycles. The molecule has 3 aromatic rings. The van der Waals surface area contributed by atoms with Crippen LogP contribution in [-0.2, 0) is 11.0 Å². The van der Waals surface area contributed by atoms with Crippen LogP contribution in [0, 0.1) is 0 Å². The Bertz CT molecular complexity index is 856. The predicted molar refractivity (Wildman–Crippen MR) is 90.4 cm³/mol. The first-order valence-corrected chi connectivity index (χ1v) is 8.61. The molecular formula is C19H15O2P. The maximum atomic E-state index is 12.4. The zero-order valence-corrected chi connectivity index (χ0v) is 13.0. The molecule has 0 saturated heterocycles. The van der Waals surface area contributed by atoms with Crippen LogP contribution >= 0.6 is 8.03 Å². The monoisotopic (exact) mass is 306 g/mol. The van der Waals surface area contributed by atoms with Crippen molar-refractivity contribution in [2.24, 2.45) is 0 Å². The second kappa shape index (κ2) is 5.47. The molecule has 0 aromatic heterocycles.